The molecule has 0 aromatic heterocycles. The number of rotatable bonds is 3. The van der Waals surface area contributed by atoms with Crippen molar-refractivity contribution in [1.29, 1.82) is 0 Å². The molecule has 2 heteroatoms. The molecule has 0 aromatic rings. The monoisotopic (exact) mass is 360 g/mol. The lowest BCUT2D eigenvalue weighted by Gasteiger charge is -2.65. The van der Waals surface area contributed by atoms with Gasteiger partial charge in [0.25, 0.3) is 0 Å². The van der Waals surface area contributed by atoms with E-state index in [9.17, 15) is 9.90 Å². The summed E-state index contributed by atoms with van der Waals surface area (Å²) in [5.74, 6) is 3.96. The number of Topliss-reactive ketones (excluding diaryl/α,β-unsaturated/α-hetero) is 1. The fourth-order valence-electron chi connectivity index (χ4n) is 8.58. The summed E-state index contributed by atoms with van der Waals surface area (Å²) in [5, 5.41) is 11.2. The summed E-state index contributed by atoms with van der Waals surface area (Å²) in [4.78, 5) is 11.7. The van der Waals surface area contributed by atoms with Crippen molar-refractivity contribution < 1.29 is 9.90 Å². The molecule has 0 bridgehead atoms. The lowest BCUT2D eigenvalue weighted by molar-refractivity contribution is -0.180. The van der Waals surface area contributed by atoms with E-state index < -0.39 is 0 Å². The largest absolute Gasteiger partial charge is 0.390 e. The maximum atomic E-state index is 11.7. The first-order chi connectivity index (χ1) is 12.2. The van der Waals surface area contributed by atoms with Crippen LogP contribution in [-0.4, -0.2) is 16.5 Å². The van der Waals surface area contributed by atoms with Gasteiger partial charge in [-0.15, -0.1) is 0 Å². The molecule has 4 saturated carbocycles. The molecule has 4 aliphatic carbocycles. The van der Waals surface area contributed by atoms with Crippen LogP contribution in [0.15, 0.2) is 0 Å². The first-order valence-corrected chi connectivity index (χ1v) is 11.4. The zero-order valence-corrected chi connectivity index (χ0v) is 17.5. The Bertz CT molecular complexity index is 571. The predicted molar refractivity (Wildman–Crippen MR) is 106 cm³/mol. The van der Waals surface area contributed by atoms with E-state index in [1.54, 1.807) is 6.92 Å². The van der Waals surface area contributed by atoms with Crippen LogP contribution >= 0.6 is 0 Å². The Morgan fingerprint density at radius 1 is 1.00 bits per heavy atom. The van der Waals surface area contributed by atoms with E-state index in [0.29, 0.717) is 22.5 Å². The second-order valence-corrected chi connectivity index (χ2v) is 11.2. The molecule has 0 saturated heterocycles. The first kappa shape index (κ1) is 19.0. The van der Waals surface area contributed by atoms with E-state index in [2.05, 4.69) is 20.8 Å². The minimum Gasteiger partial charge on any atom is -0.390 e. The van der Waals surface area contributed by atoms with Gasteiger partial charge in [0.1, 0.15) is 5.78 Å². The van der Waals surface area contributed by atoms with Crippen LogP contribution in [0.25, 0.3) is 0 Å². The van der Waals surface area contributed by atoms with Crippen molar-refractivity contribution in [3.8, 4) is 0 Å². The smallest absolute Gasteiger partial charge is 0.129 e. The third-order valence-electron chi connectivity index (χ3n) is 10.2. The molecular weight excluding hydrogens is 320 g/mol. The van der Waals surface area contributed by atoms with Crippen LogP contribution in [0, 0.1) is 40.4 Å². The van der Waals surface area contributed by atoms with Crippen molar-refractivity contribution in [2.75, 3.05) is 0 Å². The molecular formula is C24H40O2. The molecule has 0 radical (unpaired) electrons. The zero-order chi connectivity index (χ0) is 18.7. The van der Waals surface area contributed by atoms with Crippen LogP contribution in [0.5, 0.6) is 0 Å². The third-order valence-corrected chi connectivity index (χ3v) is 10.2. The van der Waals surface area contributed by atoms with E-state index in [0.717, 1.165) is 49.4 Å². The highest BCUT2D eigenvalue weighted by Gasteiger charge is 2.62. The Hall–Kier alpha value is -0.370. The van der Waals surface area contributed by atoms with Crippen molar-refractivity contribution in [3.05, 3.63) is 0 Å². The maximum absolute atomic E-state index is 11.7. The molecule has 0 aliphatic heterocycles. The van der Waals surface area contributed by atoms with Crippen LogP contribution in [0.1, 0.15) is 98.3 Å². The lowest BCUT2D eigenvalue weighted by atomic mass is 9.40. The molecule has 0 heterocycles. The van der Waals surface area contributed by atoms with Crippen LogP contribution in [0.2, 0.25) is 0 Å². The maximum Gasteiger partial charge on any atom is 0.129 e. The average Bonchev–Trinajstić information content (AvgIpc) is 2.99. The Balaban J connectivity index is 1.63. The van der Waals surface area contributed by atoms with Gasteiger partial charge in [-0.05, 0) is 105 Å². The molecule has 0 aromatic carbocycles. The normalized spacial score (nSPS) is 53.5. The molecule has 8 unspecified atom stereocenters. The van der Waals surface area contributed by atoms with E-state index in [1.807, 2.05) is 0 Å². The topological polar surface area (TPSA) is 37.3 Å². The SMILES string of the molecule is CC(=O)CCC1(C)C(C)CCC2(C)C3CCC4(O)CCCC4C3CCC12. The highest BCUT2D eigenvalue weighted by Crippen LogP contribution is 2.68. The van der Waals surface area contributed by atoms with Gasteiger partial charge in [0, 0.05) is 6.42 Å². The van der Waals surface area contributed by atoms with Gasteiger partial charge in [-0.1, -0.05) is 27.2 Å². The first-order valence-electron chi connectivity index (χ1n) is 11.4. The molecule has 4 aliphatic rings. The van der Waals surface area contributed by atoms with Crippen LogP contribution in [0.4, 0.5) is 0 Å². The van der Waals surface area contributed by atoms with E-state index in [-0.39, 0.29) is 5.60 Å². The van der Waals surface area contributed by atoms with Gasteiger partial charge >= 0.3 is 0 Å². The van der Waals surface area contributed by atoms with Crippen LogP contribution in [-0.2, 0) is 4.79 Å². The van der Waals surface area contributed by atoms with Crippen molar-refractivity contribution in [2.45, 2.75) is 104 Å². The molecule has 1 N–H and O–H groups in total. The Morgan fingerprint density at radius 3 is 2.50 bits per heavy atom. The fraction of sp³-hybridized carbons (Fsp3) is 0.958. The van der Waals surface area contributed by atoms with Crippen molar-refractivity contribution in [1.82, 2.24) is 0 Å². The lowest BCUT2D eigenvalue weighted by Crippen LogP contribution is -2.59. The number of ketones is 1. The van der Waals surface area contributed by atoms with E-state index >= 15 is 0 Å². The van der Waals surface area contributed by atoms with Gasteiger partial charge in [0.05, 0.1) is 5.60 Å². The number of fused-ring (bicyclic) bond motifs is 5. The summed E-state index contributed by atoms with van der Waals surface area (Å²) in [6.07, 6.45) is 13.0. The van der Waals surface area contributed by atoms with E-state index in [1.165, 1.54) is 44.9 Å². The van der Waals surface area contributed by atoms with E-state index in [4.69, 9.17) is 0 Å². The Labute approximate surface area is 160 Å². The van der Waals surface area contributed by atoms with Crippen molar-refractivity contribution in [2.24, 2.45) is 40.4 Å². The molecule has 2 nitrogen and oxygen atoms in total. The number of hydrogen-bond donors (Lipinski definition) is 1. The van der Waals surface area contributed by atoms with Gasteiger partial charge in [-0.3, -0.25) is 0 Å². The molecule has 26 heavy (non-hydrogen) atoms. The fourth-order valence-corrected chi connectivity index (χ4v) is 8.58. The summed E-state index contributed by atoms with van der Waals surface area (Å²) in [7, 11) is 0. The minimum absolute atomic E-state index is 0.313. The van der Waals surface area contributed by atoms with Gasteiger partial charge in [0.15, 0.2) is 0 Å². The minimum atomic E-state index is -0.329. The molecule has 0 amide bonds. The summed E-state index contributed by atoms with van der Waals surface area (Å²) < 4.78 is 0. The predicted octanol–water partition coefficient (Wildman–Crippen LogP) is 5.77. The van der Waals surface area contributed by atoms with Crippen molar-refractivity contribution >= 4 is 5.78 Å². The van der Waals surface area contributed by atoms with Crippen LogP contribution in [0.3, 0.4) is 0 Å². The Kier molecular flexibility index (Phi) is 4.61. The average molecular weight is 361 g/mol. The molecule has 4 rings (SSSR count). The molecule has 4 fully saturated rings. The second-order valence-electron chi connectivity index (χ2n) is 11.2. The Morgan fingerprint density at radius 2 is 1.77 bits per heavy atom. The van der Waals surface area contributed by atoms with Gasteiger partial charge in [0.2, 0.25) is 0 Å². The molecule has 148 valence electrons. The zero-order valence-electron chi connectivity index (χ0n) is 17.5. The summed E-state index contributed by atoms with van der Waals surface area (Å²) >= 11 is 0. The number of carbonyl (C=O) groups is 1. The number of hydrogen-bond acceptors (Lipinski definition) is 2. The summed E-state index contributed by atoms with van der Waals surface area (Å²) in [6, 6.07) is 0. The van der Waals surface area contributed by atoms with Crippen LogP contribution < -0.4 is 0 Å². The van der Waals surface area contributed by atoms with Gasteiger partial charge in [-0.2, -0.15) is 0 Å². The highest BCUT2D eigenvalue weighted by molar-refractivity contribution is 5.75. The van der Waals surface area contributed by atoms with Crippen molar-refractivity contribution in [3.63, 3.8) is 0 Å². The number of aliphatic hydroxyl groups is 1. The molecule has 8 atom stereocenters. The van der Waals surface area contributed by atoms with Gasteiger partial charge < -0.3 is 9.90 Å². The third kappa shape index (κ3) is 2.65. The number of carbonyl (C=O) groups excluding carboxylic acids is 1. The quantitative estimate of drug-likeness (QED) is 0.694. The van der Waals surface area contributed by atoms with Gasteiger partial charge in [-0.25, -0.2) is 0 Å². The molecule has 0 spiro atoms. The highest BCUT2D eigenvalue weighted by atomic mass is 16.3. The second kappa shape index (κ2) is 6.33. The summed E-state index contributed by atoms with van der Waals surface area (Å²) in [5.41, 5.74) is 0.405. The summed E-state index contributed by atoms with van der Waals surface area (Å²) in [6.45, 7) is 9.32. The standard InChI is InChI=1S/C24H40O2/c1-16-9-13-23(4)19-11-15-24(26)12-5-6-20(24)18(19)7-8-21(23)22(16,3)14-10-17(2)25/h16,18-21,26H,5-15H2,1-4H3.